The van der Waals surface area contributed by atoms with Crippen molar-refractivity contribution in [2.24, 2.45) is 5.10 Å². The van der Waals surface area contributed by atoms with E-state index in [2.05, 4.69) is 33.1 Å². The summed E-state index contributed by atoms with van der Waals surface area (Å²) < 4.78 is 26.2. The van der Waals surface area contributed by atoms with Crippen LogP contribution in [0.5, 0.6) is 11.5 Å². The molecule has 0 fully saturated rings. The van der Waals surface area contributed by atoms with Gasteiger partial charge >= 0.3 is 0 Å². The first-order chi connectivity index (χ1) is 15.0. The standard InChI is InChI=1S/C22H19FIN3O4/c1-2-30-21-12-15(13-25-26-17-7-9-18(10-8-17)27(28)29)11-20(24)22(21)31-14-16-5-3-4-6-19(16)23/h3-13,26H,2,14H2,1H3/b25-13+. The molecule has 160 valence electrons. The maximum Gasteiger partial charge on any atom is 0.269 e. The summed E-state index contributed by atoms with van der Waals surface area (Å²) >= 11 is 2.13. The van der Waals surface area contributed by atoms with Gasteiger partial charge in [0, 0.05) is 17.7 Å². The molecule has 1 N–H and O–H groups in total. The van der Waals surface area contributed by atoms with Gasteiger partial charge in [-0.05, 0) is 65.4 Å². The van der Waals surface area contributed by atoms with Crippen LogP contribution in [0, 0.1) is 19.5 Å². The number of ether oxygens (including phenoxy) is 2. The first-order valence-electron chi connectivity index (χ1n) is 9.34. The van der Waals surface area contributed by atoms with E-state index in [0.29, 0.717) is 29.4 Å². The number of benzene rings is 3. The molecule has 0 spiro atoms. The Kier molecular flexibility index (Phi) is 7.76. The molecule has 31 heavy (non-hydrogen) atoms. The normalized spacial score (nSPS) is 10.8. The lowest BCUT2D eigenvalue weighted by Gasteiger charge is -2.15. The summed E-state index contributed by atoms with van der Waals surface area (Å²) in [5.74, 6) is 0.741. The first kappa shape index (κ1) is 22.5. The maximum absolute atomic E-state index is 13.9. The van der Waals surface area contributed by atoms with Crippen LogP contribution in [0.3, 0.4) is 0 Å². The Hall–Kier alpha value is -3.21. The number of anilines is 1. The monoisotopic (exact) mass is 535 g/mol. The summed E-state index contributed by atoms with van der Waals surface area (Å²) in [6, 6.07) is 16.0. The van der Waals surface area contributed by atoms with Gasteiger partial charge in [-0.15, -0.1) is 0 Å². The van der Waals surface area contributed by atoms with E-state index < -0.39 is 4.92 Å². The summed E-state index contributed by atoms with van der Waals surface area (Å²) in [5, 5.41) is 14.9. The molecule has 3 aromatic rings. The molecule has 0 radical (unpaired) electrons. The van der Waals surface area contributed by atoms with Crippen LogP contribution in [-0.4, -0.2) is 17.7 Å². The first-order valence-corrected chi connectivity index (χ1v) is 10.4. The Balaban J connectivity index is 1.73. The van der Waals surface area contributed by atoms with Gasteiger partial charge in [-0.25, -0.2) is 4.39 Å². The predicted octanol–water partition coefficient (Wildman–Crippen LogP) is 5.76. The van der Waals surface area contributed by atoms with Crippen LogP contribution >= 0.6 is 22.6 Å². The van der Waals surface area contributed by atoms with E-state index in [1.807, 2.05) is 13.0 Å². The van der Waals surface area contributed by atoms with E-state index in [4.69, 9.17) is 9.47 Å². The zero-order chi connectivity index (χ0) is 22.2. The average molecular weight is 535 g/mol. The third kappa shape index (κ3) is 6.14. The summed E-state index contributed by atoms with van der Waals surface area (Å²) in [6.07, 6.45) is 1.60. The molecule has 0 atom stereocenters. The Morgan fingerprint density at radius 1 is 1.16 bits per heavy atom. The summed E-state index contributed by atoms with van der Waals surface area (Å²) in [5.41, 5.74) is 4.68. The minimum absolute atomic E-state index is 0.0106. The molecular weight excluding hydrogens is 516 g/mol. The number of hydrogen-bond acceptors (Lipinski definition) is 6. The molecule has 0 unspecified atom stereocenters. The molecular formula is C22H19FIN3O4. The second-order valence-electron chi connectivity index (χ2n) is 6.32. The van der Waals surface area contributed by atoms with Gasteiger partial charge in [-0.3, -0.25) is 15.5 Å². The van der Waals surface area contributed by atoms with Crippen LogP contribution < -0.4 is 14.9 Å². The third-order valence-electron chi connectivity index (χ3n) is 4.15. The van der Waals surface area contributed by atoms with E-state index >= 15 is 0 Å². The highest BCUT2D eigenvalue weighted by atomic mass is 127. The van der Waals surface area contributed by atoms with Crippen molar-refractivity contribution in [2.75, 3.05) is 12.0 Å². The molecule has 7 nitrogen and oxygen atoms in total. The number of non-ortho nitro benzene ring substituents is 1. The third-order valence-corrected chi connectivity index (χ3v) is 4.95. The topological polar surface area (TPSA) is 86.0 Å². The molecule has 0 heterocycles. The smallest absolute Gasteiger partial charge is 0.269 e. The van der Waals surface area contributed by atoms with E-state index in [-0.39, 0.29) is 18.1 Å². The summed E-state index contributed by atoms with van der Waals surface area (Å²) in [4.78, 5) is 10.3. The van der Waals surface area contributed by atoms with E-state index in [1.165, 1.54) is 18.2 Å². The van der Waals surface area contributed by atoms with Crippen molar-refractivity contribution in [3.05, 3.63) is 91.3 Å². The second-order valence-corrected chi connectivity index (χ2v) is 7.48. The Morgan fingerprint density at radius 3 is 2.58 bits per heavy atom. The average Bonchev–Trinajstić information content (AvgIpc) is 2.75. The van der Waals surface area contributed by atoms with Crippen LogP contribution in [0.15, 0.2) is 65.8 Å². The van der Waals surface area contributed by atoms with Crippen molar-refractivity contribution in [1.82, 2.24) is 0 Å². The van der Waals surface area contributed by atoms with E-state index in [9.17, 15) is 14.5 Å². The van der Waals surface area contributed by atoms with Gasteiger partial charge in [0.25, 0.3) is 5.69 Å². The SMILES string of the molecule is CCOc1cc(/C=N/Nc2ccc([N+](=O)[O-])cc2)cc(I)c1OCc1ccccc1F. The second kappa shape index (κ2) is 10.7. The Morgan fingerprint density at radius 2 is 1.90 bits per heavy atom. The molecule has 3 aromatic carbocycles. The number of nitro groups is 1. The van der Waals surface area contributed by atoms with Gasteiger partial charge in [0.15, 0.2) is 11.5 Å². The number of hydrazone groups is 1. The van der Waals surface area contributed by atoms with Crippen molar-refractivity contribution in [3.63, 3.8) is 0 Å². The fraction of sp³-hybridized carbons (Fsp3) is 0.136. The summed E-state index contributed by atoms with van der Waals surface area (Å²) in [7, 11) is 0. The molecule has 0 aromatic heterocycles. The van der Waals surface area contributed by atoms with Crippen LogP contribution in [0.2, 0.25) is 0 Å². The van der Waals surface area contributed by atoms with Crippen molar-refractivity contribution in [3.8, 4) is 11.5 Å². The lowest BCUT2D eigenvalue weighted by Crippen LogP contribution is -2.04. The molecule has 0 amide bonds. The molecule has 9 heteroatoms. The van der Waals surface area contributed by atoms with Gasteiger partial charge in [0.1, 0.15) is 12.4 Å². The van der Waals surface area contributed by atoms with Gasteiger partial charge in [-0.1, -0.05) is 18.2 Å². The molecule has 0 bridgehead atoms. The van der Waals surface area contributed by atoms with Gasteiger partial charge in [-0.2, -0.15) is 5.10 Å². The highest BCUT2D eigenvalue weighted by molar-refractivity contribution is 14.1. The highest BCUT2D eigenvalue weighted by Gasteiger charge is 2.13. The van der Waals surface area contributed by atoms with Gasteiger partial charge in [0.2, 0.25) is 0 Å². The van der Waals surface area contributed by atoms with Crippen molar-refractivity contribution in [2.45, 2.75) is 13.5 Å². The molecule has 0 saturated heterocycles. The minimum atomic E-state index is -0.458. The van der Waals surface area contributed by atoms with Gasteiger partial charge < -0.3 is 9.47 Å². The van der Waals surface area contributed by atoms with E-state index in [0.717, 1.165) is 9.13 Å². The zero-order valence-corrected chi connectivity index (χ0v) is 18.7. The zero-order valence-electron chi connectivity index (χ0n) is 16.5. The lowest BCUT2D eigenvalue weighted by molar-refractivity contribution is -0.384. The fourth-order valence-corrected chi connectivity index (χ4v) is 3.45. The molecule has 0 aliphatic carbocycles. The number of nitrogens with zero attached hydrogens (tertiary/aromatic N) is 2. The van der Waals surface area contributed by atoms with Crippen LogP contribution in [0.25, 0.3) is 0 Å². The Labute approximate surface area is 192 Å². The number of nitro benzene ring substituents is 1. The largest absolute Gasteiger partial charge is 0.490 e. The molecule has 0 saturated carbocycles. The molecule has 0 aliphatic heterocycles. The predicted molar refractivity (Wildman–Crippen MR) is 125 cm³/mol. The Bertz CT molecular complexity index is 1090. The lowest BCUT2D eigenvalue weighted by atomic mass is 10.2. The van der Waals surface area contributed by atoms with Crippen LogP contribution in [0.4, 0.5) is 15.8 Å². The molecule has 0 aliphatic rings. The number of hydrogen-bond donors (Lipinski definition) is 1. The number of nitrogens with one attached hydrogen (secondary N) is 1. The van der Waals surface area contributed by atoms with Crippen molar-refractivity contribution in [1.29, 1.82) is 0 Å². The summed E-state index contributed by atoms with van der Waals surface area (Å²) in [6.45, 7) is 2.39. The highest BCUT2D eigenvalue weighted by Crippen LogP contribution is 2.34. The quantitative estimate of drug-likeness (QED) is 0.163. The van der Waals surface area contributed by atoms with E-state index in [1.54, 1.807) is 42.6 Å². The molecule has 3 rings (SSSR count). The fourth-order valence-electron chi connectivity index (χ4n) is 2.67. The van der Waals surface area contributed by atoms with Crippen LogP contribution in [-0.2, 0) is 6.61 Å². The number of halogens is 2. The number of rotatable bonds is 9. The maximum atomic E-state index is 13.9. The van der Waals surface area contributed by atoms with Gasteiger partial charge in [0.05, 0.1) is 27.0 Å². The minimum Gasteiger partial charge on any atom is -0.490 e. The van der Waals surface area contributed by atoms with Crippen molar-refractivity contribution >= 4 is 40.2 Å². The van der Waals surface area contributed by atoms with Crippen molar-refractivity contribution < 1.29 is 18.8 Å². The van der Waals surface area contributed by atoms with Crippen LogP contribution in [0.1, 0.15) is 18.1 Å².